The minimum Gasteiger partial charge on any atom is -0.481 e. The van der Waals surface area contributed by atoms with Crippen LogP contribution in [0.15, 0.2) is 18.3 Å². The molecule has 0 aromatic carbocycles. The van der Waals surface area contributed by atoms with E-state index in [9.17, 15) is 0 Å². The first-order valence-electron chi connectivity index (χ1n) is 4.64. The van der Waals surface area contributed by atoms with Crippen molar-refractivity contribution in [1.29, 1.82) is 0 Å². The van der Waals surface area contributed by atoms with Gasteiger partial charge in [-0.1, -0.05) is 6.92 Å². The molecule has 0 aliphatic heterocycles. The molecule has 0 amide bonds. The summed E-state index contributed by atoms with van der Waals surface area (Å²) in [6.45, 7) is 2.82. The van der Waals surface area contributed by atoms with Gasteiger partial charge in [-0.3, -0.25) is 0 Å². The molecule has 14 heavy (non-hydrogen) atoms. The number of hydrogen-bond acceptors (Lipinski definition) is 3. The van der Waals surface area contributed by atoms with Crippen LogP contribution in [0.2, 0.25) is 0 Å². The first kappa shape index (κ1) is 11.1. The first-order valence-corrected chi connectivity index (χ1v) is 5.08. The molecule has 1 N–H and O–H groups in total. The highest BCUT2D eigenvalue weighted by Crippen LogP contribution is 2.14. The summed E-state index contributed by atoms with van der Waals surface area (Å²) in [4.78, 5) is 4.01. The van der Waals surface area contributed by atoms with Gasteiger partial charge in [0.1, 0.15) is 0 Å². The van der Waals surface area contributed by atoms with Gasteiger partial charge in [0.15, 0.2) is 0 Å². The van der Waals surface area contributed by atoms with E-state index in [4.69, 9.17) is 16.3 Å². The summed E-state index contributed by atoms with van der Waals surface area (Å²) in [7, 11) is 1.60. The smallest absolute Gasteiger partial charge is 0.214 e. The summed E-state index contributed by atoms with van der Waals surface area (Å²) >= 11 is 5.98. The molecule has 0 saturated carbocycles. The van der Waals surface area contributed by atoms with Crippen LogP contribution < -0.4 is 10.1 Å². The number of anilines is 1. The van der Waals surface area contributed by atoms with Crippen LogP contribution in [0, 0.1) is 0 Å². The Hall–Kier alpha value is -0.960. The zero-order valence-corrected chi connectivity index (χ0v) is 9.21. The first-order chi connectivity index (χ1) is 6.76. The van der Waals surface area contributed by atoms with Crippen molar-refractivity contribution in [3.8, 4) is 5.88 Å². The summed E-state index contributed by atoms with van der Waals surface area (Å²) in [6, 6.07) is 3.74. The molecule has 0 aliphatic rings. The zero-order chi connectivity index (χ0) is 10.4. The number of methoxy groups -OCH3 is 1. The Balaban J connectivity index is 2.50. The molecule has 0 saturated heterocycles. The lowest BCUT2D eigenvalue weighted by atomic mass is 10.3. The maximum absolute atomic E-state index is 5.98. The summed E-state index contributed by atoms with van der Waals surface area (Å²) in [6.07, 6.45) is 2.66. The highest BCUT2D eigenvalue weighted by atomic mass is 35.5. The van der Waals surface area contributed by atoms with Gasteiger partial charge in [-0.15, -0.1) is 11.6 Å². The van der Waals surface area contributed by atoms with Crippen molar-refractivity contribution in [1.82, 2.24) is 4.98 Å². The van der Waals surface area contributed by atoms with Crippen molar-refractivity contribution >= 4 is 17.3 Å². The Morgan fingerprint density at radius 3 is 3.07 bits per heavy atom. The van der Waals surface area contributed by atoms with Gasteiger partial charge in [0.25, 0.3) is 0 Å². The maximum Gasteiger partial charge on any atom is 0.214 e. The van der Waals surface area contributed by atoms with E-state index >= 15 is 0 Å². The molecule has 78 valence electrons. The van der Waals surface area contributed by atoms with Crippen molar-refractivity contribution in [2.24, 2.45) is 0 Å². The number of rotatable bonds is 5. The van der Waals surface area contributed by atoms with Gasteiger partial charge in [-0.25, -0.2) is 4.98 Å². The van der Waals surface area contributed by atoms with E-state index in [1.807, 2.05) is 12.1 Å². The molecule has 0 radical (unpaired) electrons. The minimum absolute atomic E-state index is 0.161. The van der Waals surface area contributed by atoms with Crippen LogP contribution >= 0.6 is 11.6 Å². The fourth-order valence-electron chi connectivity index (χ4n) is 1.00. The third-order valence-electron chi connectivity index (χ3n) is 1.91. The highest BCUT2D eigenvalue weighted by molar-refractivity contribution is 6.20. The van der Waals surface area contributed by atoms with E-state index in [0.717, 1.165) is 18.7 Å². The largest absolute Gasteiger partial charge is 0.481 e. The SMILES string of the molecule is CCC(Cl)CNc1ccnc(OC)c1. The number of pyridine rings is 1. The molecule has 1 atom stereocenters. The Morgan fingerprint density at radius 1 is 1.64 bits per heavy atom. The molecular formula is C10H15ClN2O. The third kappa shape index (κ3) is 3.42. The van der Waals surface area contributed by atoms with E-state index in [0.29, 0.717) is 5.88 Å². The average molecular weight is 215 g/mol. The van der Waals surface area contributed by atoms with Crippen LogP contribution in [0.3, 0.4) is 0 Å². The average Bonchev–Trinajstić information content (AvgIpc) is 2.26. The fraction of sp³-hybridized carbons (Fsp3) is 0.500. The predicted octanol–water partition coefficient (Wildman–Crippen LogP) is 2.52. The maximum atomic E-state index is 5.98. The Labute approximate surface area is 89.4 Å². The van der Waals surface area contributed by atoms with Crippen molar-refractivity contribution in [2.75, 3.05) is 19.0 Å². The van der Waals surface area contributed by atoms with Crippen LogP contribution in [0.4, 0.5) is 5.69 Å². The molecule has 3 nitrogen and oxygen atoms in total. The lowest BCUT2D eigenvalue weighted by Crippen LogP contribution is -2.13. The van der Waals surface area contributed by atoms with Crippen LogP contribution in [0.1, 0.15) is 13.3 Å². The molecule has 1 aromatic rings. The van der Waals surface area contributed by atoms with Gasteiger partial charge in [-0.05, 0) is 12.5 Å². The second kappa shape index (κ2) is 5.70. The Bertz CT molecular complexity index is 281. The predicted molar refractivity (Wildman–Crippen MR) is 59.2 cm³/mol. The topological polar surface area (TPSA) is 34.2 Å². The second-order valence-corrected chi connectivity index (χ2v) is 3.59. The van der Waals surface area contributed by atoms with Crippen molar-refractivity contribution in [3.63, 3.8) is 0 Å². The number of nitrogens with one attached hydrogen (secondary N) is 1. The van der Waals surface area contributed by atoms with Gasteiger partial charge >= 0.3 is 0 Å². The number of hydrogen-bond donors (Lipinski definition) is 1. The van der Waals surface area contributed by atoms with Crippen LogP contribution in [0.5, 0.6) is 5.88 Å². The van der Waals surface area contributed by atoms with Gasteiger partial charge in [0.05, 0.1) is 12.5 Å². The molecule has 0 bridgehead atoms. The van der Waals surface area contributed by atoms with Crippen LogP contribution in [0.25, 0.3) is 0 Å². The molecule has 1 unspecified atom stereocenters. The lowest BCUT2D eigenvalue weighted by Gasteiger charge is -2.10. The molecule has 4 heteroatoms. The van der Waals surface area contributed by atoms with E-state index < -0.39 is 0 Å². The minimum atomic E-state index is 0.161. The molecule has 0 fully saturated rings. The van der Waals surface area contributed by atoms with Crippen LogP contribution in [-0.4, -0.2) is 24.0 Å². The number of halogens is 1. The zero-order valence-electron chi connectivity index (χ0n) is 8.46. The van der Waals surface area contributed by atoms with E-state index in [2.05, 4.69) is 17.2 Å². The van der Waals surface area contributed by atoms with Gasteiger partial charge in [0.2, 0.25) is 5.88 Å². The van der Waals surface area contributed by atoms with Crippen LogP contribution in [-0.2, 0) is 0 Å². The Kier molecular flexibility index (Phi) is 4.53. The fourth-order valence-corrected chi connectivity index (χ4v) is 1.08. The molecular weight excluding hydrogens is 200 g/mol. The molecule has 0 aliphatic carbocycles. The number of nitrogens with zero attached hydrogens (tertiary/aromatic N) is 1. The molecule has 1 aromatic heterocycles. The second-order valence-electron chi connectivity index (χ2n) is 2.97. The molecule has 0 spiro atoms. The number of ether oxygens (including phenoxy) is 1. The molecule has 1 heterocycles. The standard InChI is InChI=1S/C10H15ClN2O/c1-3-8(11)7-13-9-4-5-12-10(6-9)14-2/h4-6,8H,3,7H2,1-2H3,(H,12,13). The van der Waals surface area contributed by atoms with Crippen molar-refractivity contribution in [2.45, 2.75) is 18.7 Å². The highest BCUT2D eigenvalue weighted by Gasteiger charge is 2.01. The summed E-state index contributed by atoms with van der Waals surface area (Å²) < 4.78 is 5.00. The van der Waals surface area contributed by atoms with E-state index in [1.54, 1.807) is 13.3 Å². The van der Waals surface area contributed by atoms with Gasteiger partial charge < -0.3 is 10.1 Å². The monoisotopic (exact) mass is 214 g/mol. The van der Waals surface area contributed by atoms with Gasteiger partial charge in [-0.2, -0.15) is 0 Å². The van der Waals surface area contributed by atoms with E-state index in [1.165, 1.54) is 0 Å². The van der Waals surface area contributed by atoms with E-state index in [-0.39, 0.29) is 5.38 Å². The summed E-state index contributed by atoms with van der Waals surface area (Å²) in [5.41, 5.74) is 0.982. The Morgan fingerprint density at radius 2 is 2.43 bits per heavy atom. The third-order valence-corrected chi connectivity index (χ3v) is 2.38. The number of aromatic nitrogens is 1. The van der Waals surface area contributed by atoms with Crippen molar-refractivity contribution < 1.29 is 4.74 Å². The lowest BCUT2D eigenvalue weighted by molar-refractivity contribution is 0.398. The number of alkyl halides is 1. The van der Waals surface area contributed by atoms with Crippen molar-refractivity contribution in [3.05, 3.63) is 18.3 Å². The molecule has 1 rings (SSSR count). The summed E-state index contributed by atoms with van der Waals surface area (Å²) in [5, 5.41) is 3.38. The van der Waals surface area contributed by atoms with Gasteiger partial charge in [0, 0.05) is 24.5 Å². The normalized spacial score (nSPS) is 12.2. The summed E-state index contributed by atoms with van der Waals surface area (Å²) in [5.74, 6) is 0.609. The quantitative estimate of drug-likeness (QED) is 0.765.